The number of anilines is 1. The van der Waals surface area contributed by atoms with Crippen LogP contribution in [0.25, 0.3) is 10.8 Å². The van der Waals surface area contributed by atoms with E-state index in [2.05, 4.69) is 10.1 Å². The fourth-order valence-corrected chi connectivity index (χ4v) is 4.63. The Hall–Kier alpha value is -3.89. The molecule has 1 heterocycles. The number of aryl methyl sites for hydroxylation is 1. The molecule has 3 aromatic carbocycles. The number of nitrogens with zero attached hydrogens (tertiary/aromatic N) is 4. The second-order valence-corrected chi connectivity index (χ2v) is 10.6. The van der Waals surface area contributed by atoms with E-state index in [4.69, 9.17) is 4.52 Å². The summed E-state index contributed by atoms with van der Waals surface area (Å²) in [6.07, 6.45) is -0.0314. The highest BCUT2D eigenvalue weighted by molar-refractivity contribution is 7.89. The molecule has 0 N–H and O–H groups in total. The maximum absolute atomic E-state index is 13.4. The molecule has 0 aliphatic carbocycles. The van der Waals surface area contributed by atoms with Gasteiger partial charge in [0.05, 0.1) is 17.9 Å². The third-order valence-corrected chi connectivity index (χ3v) is 7.51. The summed E-state index contributed by atoms with van der Waals surface area (Å²) < 4.78 is 31.5. The van der Waals surface area contributed by atoms with E-state index in [1.165, 1.54) is 31.1 Å². The van der Waals surface area contributed by atoms with Crippen molar-refractivity contribution in [1.82, 2.24) is 14.4 Å². The minimum absolute atomic E-state index is 0.0402. The number of rotatable bonds is 9. The number of hydrogen-bond donors (Lipinski definition) is 0. The molecule has 36 heavy (non-hydrogen) atoms. The predicted octanol–water partition coefficient (Wildman–Crippen LogP) is 3.84. The Bertz CT molecular complexity index is 1530. The van der Waals surface area contributed by atoms with Gasteiger partial charge in [-0.05, 0) is 40.6 Å². The Kier molecular flexibility index (Phi) is 7.27. The molecular weight excluding hydrogens is 480 g/mol. The molecule has 0 atom stereocenters. The van der Waals surface area contributed by atoms with Gasteiger partial charge in [-0.3, -0.25) is 9.59 Å². The highest BCUT2D eigenvalue weighted by Gasteiger charge is 2.25. The number of Topliss-reactive ketones (excluding diaryl/α,β-unsaturated/α-hetero) is 1. The summed E-state index contributed by atoms with van der Waals surface area (Å²) in [6, 6.07) is 19.8. The van der Waals surface area contributed by atoms with Crippen LogP contribution in [0, 0.1) is 0 Å². The van der Waals surface area contributed by atoms with Gasteiger partial charge in [0.15, 0.2) is 0 Å². The van der Waals surface area contributed by atoms with Gasteiger partial charge >= 0.3 is 0 Å². The van der Waals surface area contributed by atoms with Crippen LogP contribution in [-0.2, 0) is 27.8 Å². The average molecular weight is 507 g/mol. The lowest BCUT2D eigenvalue weighted by atomic mass is 10.1. The molecular formula is C26H26N4O5S. The van der Waals surface area contributed by atoms with Gasteiger partial charge in [0.25, 0.3) is 0 Å². The summed E-state index contributed by atoms with van der Waals surface area (Å²) in [5.41, 5.74) is 1.18. The van der Waals surface area contributed by atoms with Gasteiger partial charge in [0, 0.05) is 26.2 Å². The van der Waals surface area contributed by atoms with E-state index in [1.54, 1.807) is 12.1 Å². The maximum atomic E-state index is 13.4. The fraction of sp³-hybridized carbons (Fsp3) is 0.231. The van der Waals surface area contributed by atoms with E-state index in [-0.39, 0.29) is 17.3 Å². The lowest BCUT2D eigenvalue weighted by Crippen LogP contribution is -2.32. The van der Waals surface area contributed by atoms with E-state index < -0.39 is 28.1 Å². The Morgan fingerprint density at radius 1 is 0.944 bits per heavy atom. The number of aromatic nitrogens is 2. The van der Waals surface area contributed by atoms with Crippen LogP contribution in [0.3, 0.4) is 0 Å². The molecule has 1 amide bonds. The molecule has 0 aliphatic heterocycles. The van der Waals surface area contributed by atoms with Gasteiger partial charge in [-0.2, -0.15) is 4.98 Å². The zero-order valence-corrected chi connectivity index (χ0v) is 21.0. The lowest BCUT2D eigenvalue weighted by molar-refractivity contribution is -0.117. The summed E-state index contributed by atoms with van der Waals surface area (Å²) in [6.45, 7) is 1.95. The summed E-state index contributed by atoms with van der Waals surface area (Å²) in [5, 5.41) is 5.72. The van der Waals surface area contributed by atoms with Crippen LogP contribution in [0.4, 0.5) is 5.69 Å². The van der Waals surface area contributed by atoms with Gasteiger partial charge in [-0.1, -0.05) is 54.5 Å². The molecule has 0 aliphatic rings. The Labute approximate surface area is 209 Å². The van der Waals surface area contributed by atoms with Crippen molar-refractivity contribution in [2.75, 3.05) is 19.0 Å². The van der Waals surface area contributed by atoms with Gasteiger partial charge in [0.1, 0.15) is 0 Å². The number of carbonyl (C=O) groups excluding carboxylic acids is 2. The molecule has 9 nitrogen and oxygen atoms in total. The minimum Gasteiger partial charge on any atom is -0.339 e. The molecule has 1 aromatic heterocycles. The van der Waals surface area contributed by atoms with Crippen molar-refractivity contribution < 1.29 is 22.5 Å². The number of hydrogen-bond acceptors (Lipinski definition) is 7. The third-order valence-electron chi connectivity index (χ3n) is 5.70. The second kappa shape index (κ2) is 10.4. The normalized spacial score (nSPS) is 11.7. The first kappa shape index (κ1) is 25.2. The third kappa shape index (κ3) is 5.34. The molecule has 186 valence electrons. The van der Waals surface area contributed by atoms with Crippen molar-refractivity contribution in [3.05, 3.63) is 84.0 Å². The zero-order chi connectivity index (χ0) is 25.9. The summed E-state index contributed by atoms with van der Waals surface area (Å²) in [7, 11) is -0.853. The first-order valence-electron chi connectivity index (χ1n) is 11.4. The standard InChI is InChI=1S/C26H26N4O5S/c1-4-24-27-26(28-35-24)23(31)16-25(32)30(17-18-12-13-19-8-5-6-9-20(19)14-18)21-10-7-11-22(15-21)36(33,34)29(2)3/h5-15H,4,16-17H2,1-3H3. The smallest absolute Gasteiger partial charge is 0.242 e. The average Bonchev–Trinajstić information content (AvgIpc) is 3.37. The first-order chi connectivity index (χ1) is 17.2. The predicted molar refractivity (Wildman–Crippen MR) is 135 cm³/mol. The molecule has 0 saturated carbocycles. The zero-order valence-electron chi connectivity index (χ0n) is 20.2. The van der Waals surface area contributed by atoms with Crippen LogP contribution < -0.4 is 4.90 Å². The van der Waals surface area contributed by atoms with Crippen molar-refractivity contribution in [2.45, 2.75) is 31.2 Å². The largest absolute Gasteiger partial charge is 0.339 e. The molecule has 0 radical (unpaired) electrons. The van der Waals surface area contributed by atoms with Crippen molar-refractivity contribution >= 4 is 38.2 Å². The van der Waals surface area contributed by atoms with E-state index in [9.17, 15) is 18.0 Å². The summed E-state index contributed by atoms with van der Waals surface area (Å²) >= 11 is 0. The van der Waals surface area contributed by atoms with Crippen LogP contribution in [0.2, 0.25) is 0 Å². The number of benzene rings is 3. The van der Waals surface area contributed by atoms with E-state index in [0.717, 1.165) is 20.6 Å². The van der Waals surface area contributed by atoms with Crippen LogP contribution in [0.5, 0.6) is 0 Å². The van der Waals surface area contributed by atoms with E-state index >= 15 is 0 Å². The topological polar surface area (TPSA) is 114 Å². The van der Waals surface area contributed by atoms with Gasteiger partial charge in [-0.15, -0.1) is 0 Å². The Balaban J connectivity index is 1.70. The first-order valence-corrected chi connectivity index (χ1v) is 12.8. The number of carbonyl (C=O) groups is 2. The van der Waals surface area contributed by atoms with E-state index in [0.29, 0.717) is 18.0 Å². The minimum atomic E-state index is -3.73. The quantitative estimate of drug-likeness (QED) is 0.250. The maximum Gasteiger partial charge on any atom is 0.242 e. The molecule has 4 aromatic rings. The van der Waals surface area contributed by atoms with Gasteiger partial charge < -0.3 is 9.42 Å². The summed E-state index contributed by atoms with van der Waals surface area (Å²) in [5.74, 6) is -0.949. The number of amides is 1. The number of ketones is 1. The van der Waals surface area contributed by atoms with Gasteiger partial charge in [0.2, 0.25) is 33.4 Å². The molecule has 0 unspecified atom stereocenters. The van der Waals surface area contributed by atoms with E-state index in [1.807, 2.05) is 49.4 Å². The highest BCUT2D eigenvalue weighted by Crippen LogP contribution is 2.25. The highest BCUT2D eigenvalue weighted by atomic mass is 32.2. The lowest BCUT2D eigenvalue weighted by Gasteiger charge is -2.24. The van der Waals surface area contributed by atoms with Crippen molar-refractivity contribution in [3.8, 4) is 0 Å². The van der Waals surface area contributed by atoms with Crippen molar-refractivity contribution in [1.29, 1.82) is 0 Å². The van der Waals surface area contributed by atoms with Crippen LogP contribution in [0.1, 0.15) is 35.4 Å². The fourth-order valence-electron chi connectivity index (χ4n) is 3.69. The van der Waals surface area contributed by atoms with Crippen LogP contribution in [0.15, 0.2) is 76.1 Å². The number of sulfonamides is 1. The Morgan fingerprint density at radius 3 is 2.39 bits per heavy atom. The molecule has 4 rings (SSSR count). The van der Waals surface area contributed by atoms with Crippen molar-refractivity contribution in [3.63, 3.8) is 0 Å². The SMILES string of the molecule is CCc1nc(C(=O)CC(=O)N(Cc2ccc3ccccc3c2)c2cccc(S(=O)(=O)N(C)C)c2)no1. The molecule has 0 saturated heterocycles. The van der Waals surface area contributed by atoms with Crippen LogP contribution in [-0.4, -0.2) is 48.6 Å². The van der Waals surface area contributed by atoms with Crippen LogP contribution >= 0.6 is 0 Å². The molecule has 10 heteroatoms. The number of fused-ring (bicyclic) bond motifs is 1. The summed E-state index contributed by atoms with van der Waals surface area (Å²) in [4.78, 5) is 31.6. The molecule has 0 fully saturated rings. The molecule has 0 bridgehead atoms. The monoisotopic (exact) mass is 506 g/mol. The van der Waals surface area contributed by atoms with Gasteiger partial charge in [-0.25, -0.2) is 12.7 Å². The van der Waals surface area contributed by atoms with Crippen molar-refractivity contribution in [2.24, 2.45) is 0 Å². The molecule has 0 spiro atoms. The Morgan fingerprint density at radius 2 is 1.69 bits per heavy atom. The second-order valence-electron chi connectivity index (χ2n) is 8.41.